The van der Waals surface area contributed by atoms with E-state index in [2.05, 4.69) is 20.0 Å². The Labute approximate surface area is 169 Å². The number of nitrogens with zero attached hydrogens (tertiary/aromatic N) is 3. The average Bonchev–Trinajstić information content (AvgIpc) is 3.39. The topological polar surface area (TPSA) is 141 Å². The van der Waals surface area contributed by atoms with Gasteiger partial charge in [0.15, 0.2) is 0 Å². The lowest BCUT2D eigenvalue weighted by Gasteiger charge is -2.29. The van der Waals surface area contributed by atoms with Gasteiger partial charge in [-0.3, -0.25) is 19.1 Å². The van der Waals surface area contributed by atoms with Crippen LogP contribution in [0.25, 0.3) is 0 Å². The van der Waals surface area contributed by atoms with Gasteiger partial charge in [-0.2, -0.15) is 13.5 Å². The molecule has 2 bridgehead atoms. The van der Waals surface area contributed by atoms with Gasteiger partial charge in [-0.1, -0.05) is 0 Å². The van der Waals surface area contributed by atoms with E-state index in [9.17, 15) is 18.0 Å². The van der Waals surface area contributed by atoms with Crippen LogP contribution in [0.1, 0.15) is 32.1 Å². The monoisotopic (exact) mass is 433 g/mol. The maximum Gasteiger partial charge on any atom is 0.418 e. The molecule has 4 heterocycles. The molecule has 4 atom stereocenters. The van der Waals surface area contributed by atoms with Crippen LogP contribution in [0, 0.1) is 0 Å². The summed E-state index contributed by atoms with van der Waals surface area (Å²) in [6.07, 6.45) is 4.18. The fourth-order valence-electron chi connectivity index (χ4n) is 4.70. The summed E-state index contributed by atoms with van der Waals surface area (Å²) in [6.45, 7) is 3.67. The average molecular weight is 433 g/mol. The Balaban J connectivity index is 1.23. The van der Waals surface area contributed by atoms with Gasteiger partial charge in [0.25, 0.3) is 5.91 Å². The van der Waals surface area contributed by atoms with Crippen molar-refractivity contribution in [1.29, 1.82) is 0 Å². The zero-order chi connectivity index (χ0) is 20.6. The van der Waals surface area contributed by atoms with Crippen molar-refractivity contribution in [3.63, 3.8) is 0 Å². The van der Waals surface area contributed by atoms with Crippen LogP contribution < -0.4 is 10.8 Å². The Kier molecular flexibility index (Phi) is 5.95. The molecule has 4 aliphatic heterocycles. The molecule has 3 amide bonds. The number of hydrogen-bond acceptors (Lipinski definition) is 8. The van der Waals surface area contributed by atoms with Gasteiger partial charge in [-0.15, -0.1) is 4.28 Å². The van der Waals surface area contributed by atoms with Crippen LogP contribution in [-0.2, 0) is 24.3 Å². The quantitative estimate of drug-likeness (QED) is 0.336. The van der Waals surface area contributed by atoms with Crippen LogP contribution in [0.2, 0.25) is 0 Å². The minimum absolute atomic E-state index is 0.147. The summed E-state index contributed by atoms with van der Waals surface area (Å²) in [4.78, 5) is 33.9. The van der Waals surface area contributed by atoms with E-state index in [1.54, 1.807) is 0 Å². The van der Waals surface area contributed by atoms with Crippen LogP contribution in [0.15, 0.2) is 0 Å². The van der Waals surface area contributed by atoms with Crippen LogP contribution in [0.4, 0.5) is 4.79 Å². The highest BCUT2D eigenvalue weighted by atomic mass is 32.3. The number of carbonyl (C=O) groups excluding carboxylic acids is 2. The van der Waals surface area contributed by atoms with Gasteiger partial charge >= 0.3 is 16.4 Å². The third kappa shape index (κ3) is 4.64. The van der Waals surface area contributed by atoms with Crippen molar-refractivity contribution >= 4 is 22.3 Å². The zero-order valence-electron chi connectivity index (χ0n) is 16.0. The third-order valence-electron chi connectivity index (χ3n) is 6.11. The maximum atomic E-state index is 12.5. The minimum atomic E-state index is -4.81. The Morgan fingerprint density at radius 1 is 1.24 bits per heavy atom. The van der Waals surface area contributed by atoms with E-state index in [0.29, 0.717) is 30.6 Å². The fraction of sp³-hybridized carbons (Fsp3) is 0.875. The van der Waals surface area contributed by atoms with Crippen LogP contribution in [-0.4, -0.2) is 96.7 Å². The summed E-state index contributed by atoms with van der Waals surface area (Å²) in [6, 6.07) is -1.41. The maximum absolute atomic E-state index is 12.5. The lowest BCUT2D eigenvalue weighted by molar-refractivity contribution is -0.139. The zero-order valence-corrected chi connectivity index (χ0v) is 16.8. The van der Waals surface area contributed by atoms with E-state index in [0.717, 1.165) is 26.1 Å². The van der Waals surface area contributed by atoms with Crippen molar-refractivity contribution < 1.29 is 31.7 Å². The van der Waals surface area contributed by atoms with Gasteiger partial charge in [-0.25, -0.2) is 10.3 Å². The van der Waals surface area contributed by atoms with E-state index in [1.165, 1.54) is 17.7 Å². The second-order valence-electron chi connectivity index (χ2n) is 8.03. The van der Waals surface area contributed by atoms with E-state index < -0.39 is 34.4 Å². The molecule has 0 spiro atoms. The Morgan fingerprint density at radius 3 is 2.72 bits per heavy atom. The van der Waals surface area contributed by atoms with E-state index >= 15 is 0 Å². The van der Waals surface area contributed by atoms with Gasteiger partial charge in [-0.05, 0) is 45.2 Å². The molecule has 0 aromatic rings. The highest BCUT2D eigenvalue weighted by Crippen LogP contribution is 2.30. The number of hydrogen-bond donors (Lipinski definition) is 3. The molecule has 12 nitrogen and oxygen atoms in total. The summed E-state index contributed by atoms with van der Waals surface area (Å²) < 4.78 is 35.0. The first-order valence-corrected chi connectivity index (χ1v) is 11.3. The molecule has 0 unspecified atom stereocenters. The molecule has 0 aromatic heterocycles. The number of urea groups is 1. The van der Waals surface area contributed by atoms with Crippen molar-refractivity contribution in [1.82, 2.24) is 25.7 Å². The number of fused-ring (bicyclic) bond motifs is 2. The normalized spacial score (nSPS) is 32.9. The summed E-state index contributed by atoms with van der Waals surface area (Å²) >= 11 is 0. The second-order valence-corrected chi connectivity index (χ2v) is 9.03. The van der Waals surface area contributed by atoms with E-state index in [4.69, 9.17) is 9.39 Å². The first-order chi connectivity index (χ1) is 13.8. The van der Waals surface area contributed by atoms with Crippen molar-refractivity contribution in [2.45, 2.75) is 56.3 Å². The first kappa shape index (κ1) is 20.8. The minimum Gasteiger partial charge on any atom is -0.310 e. The standard InChI is InChI=1S/C16H27N5O7S/c22-15(18-27-10-11-7-13(8-17-11)19-5-1-2-6-19)14-4-3-12-9-20(14)16(23)21(12)28-29(24,25)26/h11-14,17H,1-10H2,(H,18,22)(H,24,25,26)/t11-,12+,13-,14-/m0/s1. The number of likely N-dealkylation sites (tertiary alicyclic amines) is 1. The van der Waals surface area contributed by atoms with Gasteiger partial charge in [0, 0.05) is 25.2 Å². The lowest BCUT2D eigenvalue weighted by atomic mass is 10.0. The predicted octanol–water partition coefficient (Wildman–Crippen LogP) is -1.14. The molecule has 0 saturated carbocycles. The van der Waals surface area contributed by atoms with Crippen LogP contribution >= 0.6 is 0 Å². The molecule has 4 fully saturated rings. The molecule has 3 N–H and O–H groups in total. The fourth-order valence-corrected chi connectivity index (χ4v) is 5.08. The summed E-state index contributed by atoms with van der Waals surface area (Å²) in [5, 5.41) is 4.03. The predicted molar refractivity (Wildman–Crippen MR) is 98.5 cm³/mol. The summed E-state index contributed by atoms with van der Waals surface area (Å²) in [7, 11) is -4.81. The Hall–Kier alpha value is -1.51. The largest absolute Gasteiger partial charge is 0.418 e. The van der Waals surface area contributed by atoms with Crippen molar-refractivity contribution in [3.8, 4) is 0 Å². The van der Waals surface area contributed by atoms with E-state index in [1.807, 2.05) is 0 Å². The van der Waals surface area contributed by atoms with Crippen molar-refractivity contribution in [2.24, 2.45) is 0 Å². The molecule has 0 radical (unpaired) electrons. The second kappa shape index (κ2) is 8.32. The number of rotatable bonds is 7. The number of carbonyl (C=O) groups is 2. The molecule has 4 saturated heterocycles. The molecule has 4 aliphatic rings. The molecule has 0 aromatic carbocycles. The van der Waals surface area contributed by atoms with Gasteiger partial charge < -0.3 is 10.2 Å². The molecular formula is C16H27N5O7S. The van der Waals surface area contributed by atoms with E-state index in [-0.39, 0.29) is 12.6 Å². The SMILES string of the molecule is O=C(NOC[C@@H]1C[C@H](N2CCCC2)CN1)[C@@H]1CC[C@@H]2CN1C(=O)N2OS(=O)(=O)O. The molecule has 0 aliphatic carbocycles. The van der Waals surface area contributed by atoms with Gasteiger partial charge in [0.1, 0.15) is 6.04 Å². The lowest BCUT2D eigenvalue weighted by Crippen LogP contribution is -2.50. The third-order valence-corrected chi connectivity index (χ3v) is 6.46. The van der Waals surface area contributed by atoms with Gasteiger partial charge in [0.2, 0.25) is 0 Å². The van der Waals surface area contributed by atoms with Crippen molar-refractivity contribution in [2.75, 3.05) is 32.8 Å². The molecule has 29 heavy (non-hydrogen) atoms. The molecule has 164 valence electrons. The number of amides is 3. The van der Waals surface area contributed by atoms with Crippen LogP contribution in [0.5, 0.6) is 0 Å². The Bertz CT molecular complexity index is 744. The van der Waals surface area contributed by atoms with Crippen LogP contribution in [0.3, 0.4) is 0 Å². The number of hydroxylamine groups is 3. The highest BCUT2D eigenvalue weighted by Gasteiger charge is 2.49. The first-order valence-electron chi connectivity index (χ1n) is 9.98. The smallest absolute Gasteiger partial charge is 0.310 e. The summed E-state index contributed by atoms with van der Waals surface area (Å²) in [5.41, 5.74) is 2.42. The molecule has 4 rings (SSSR count). The Morgan fingerprint density at radius 2 is 2.00 bits per heavy atom. The highest BCUT2D eigenvalue weighted by molar-refractivity contribution is 7.80. The van der Waals surface area contributed by atoms with Crippen molar-refractivity contribution in [3.05, 3.63) is 0 Å². The summed E-state index contributed by atoms with van der Waals surface area (Å²) in [5.74, 6) is -0.459. The molecular weight excluding hydrogens is 406 g/mol. The number of nitrogens with one attached hydrogen (secondary N) is 2. The molecule has 13 heteroatoms. The van der Waals surface area contributed by atoms with Gasteiger partial charge in [0.05, 0.1) is 12.6 Å². The number of piperidine rings is 1.